The molecule has 0 saturated carbocycles. The molecule has 0 radical (unpaired) electrons. The zero-order chi connectivity index (χ0) is 17.9. The lowest BCUT2D eigenvalue weighted by atomic mass is 9.81. The first-order chi connectivity index (χ1) is 11.9. The molecule has 0 aliphatic heterocycles. The molecule has 3 aromatic carbocycles. The third kappa shape index (κ3) is 3.35. The summed E-state index contributed by atoms with van der Waals surface area (Å²) in [5.74, 6) is 0. The van der Waals surface area contributed by atoms with Gasteiger partial charge in [-0.1, -0.05) is 91.0 Å². The van der Waals surface area contributed by atoms with E-state index in [4.69, 9.17) is 0 Å². The van der Waals surface area contributed by atoms with Crippen LogP contribution in [-0.2, 0) is 15.7 Å². The molecule has 1 atom stereocenters. The molecule has 128 valence electrons. The Labute approximate surface area is 147 Å². The van der Waals surface area contributed by atoms with Gasteiger partial charge in [-0.05, 0) is 16.7 Å². The summed E-state index contributed by atoms with van der Waals surface area (Å²) in [5.41, 5.74) is -0.877. The third-order valence-corrected chi connectivity index (χ3v) is 5.42. The summed E-state index contributed by atoms with van der Waals surface area (Å²) >= 11 is 0. The van der Waals surface area contributed by atoms with Gasteiger partial charge in [-0.3, -0.25) is 4.55 Å². The van der Waals surface area contributed by atoms with Crippen molar-refractivity contribution in [2.45, 2.75) is 10.9 Å². The largest absolute Gasteiger partial charge is 0.379 e. The Bertz CT molecular complexity index is 884. The van der Waals surface area contributed by atoms with Gasteiger partial charge in [0, 0.05) is 0 Å². The summed E-state index contributed by atoms with van der Waals surface area (Å²) in [6.45, 7) is 0. The lowest BCUT2D eigenvalue weighted by Gasteiger charge is -2.35. The Morgan fingerprint density at radius 2 is 1.04 bits per heavy atom. The van der Waals surface area contributed by atoms with Crippen molar-refractivity contribution in [3.05, 3.63) is 108 Å². The fourth-order valence-electron chi connectivity index (χ4n) is 3.11. The van der Waals surface area contributed by atoms with Crippen LogP contribution in [0.3, 0.4) is 0 Å². The van der Waals surface area contributed by atoms with Gasteiger partial charge in [0.15, 0.2) is 0 Å². The molecule has 0 fully saturated rings. The first-order valence-electron chi connectivity index (χ1n) is 7.78. The van der Waals surface area contributed by atoms with Crippen LogP contribution >= 0.6 is 0 Å². The van der Waals surface area contributed by atoms with Gasteiger partial charge in [0.05, 0.1) is 0 Å². The van der Waals surface area contributed by atoms with E-state index in [2.05, 4.69) is 0 Å². The van der Waals surface area contributed by atoms with E-state index in [0.717, 1.165) is 0 Å². The van der Waals surface area contributed by atoms with E-state index in [-0.39, 0.29) is 0 Å². The molecular formula is C20H18O4S. The highest BCUT2D eigenvalue weighted by Crippen LogP contribution is 2.45. The van der Waals surface area contributed by atoms with Crippen molar-refractivity contribution in [1.82, 2.24) is 0 Å². The van der Waals surface area contributed by atoms with Crippen molar-refractivity contribution in [2.75, 3.05) is 0 Å². The van der Waals surface area contributed by atoms with Gasteiger partial charge in [0.1, 0.15) is 10.9 Å². The minimum Gasteiger partial charge on any atom is -0.379 e. The smallest absolute Gasteiger partial charge is 0.275 e. The van der Waals surface area contributed by atoms with Crippen LogP contribution in [0.15, 0.2) is 91.0 Å². The molecule has 3 aromatic rings. The van der Waals surface area contributed by atoms with Crippen LogP contribution in [0.2, 0.25) is 0 Å². The topological polar surface area (TPSA) is 74.6 Å². The average Bonchev–Trinajstić information content (AvgIpc) is 2.63. The summed E-state index contributed by atoms with van der Waals surface area (Å²) in [6, 6.07) is 25.3. The van der Waals surface area contributed by atoms with Crippen LogP contribution < -0.4 is 0 Å². The highest BCUT2D eigenvalue weighted by Gasteiger charge is 2.48. The lowest BCUT2D eigenvalue weighted by Crippen LogP contribution is -2.39. The van der Waals surface area contributed by atoms with Crippen LogP contribution in [0.4, 0.5) is 0 Å². The molecule has 2 N–H and O–H groups in total. The molecule has 0 heterocycles. The maximum atomic E-state index is 12.3. The van der Waals surface area contributed by atoms with Crippen molar-refractivity contribution in [3.63, 3.8) is 0 Å². The first kappa shape index (κ1) is 17.4. The molecule has 4 nitrogen and oxygen atoms in total. The van der Waals surface area contributed by atoms with E-state index < -0.39 is 21.0 Å². The van der Waals surface area contributed by atoms with Crippen LogP contribution in [0, 0.1) is 0 Å². The molecule has 3 rings (SSSR count). The van der Waals surface area contributed by atoms with Gasteiger partial charge in [-0.2, -0.15) is 8.42 Å². The minimum atomic E-state index is -4.62. The number of aliphatic hydroxyl groups is 1. The van der Waals surface area contributed by atoms with Gasteiger partial charge in [0.25, 0.3) is 10.1 Å². The monoisotopic (exact) mass is 354 g/mol. The third-order valence-electron chi connectivity index (χ3n) is 4.21. The van der Waals surface area contributed by atoms with E-state index in [1.165, 1.54) is 0 Å². The zero-order valence-electron chi connectivity index (χ0n) is 13.4. The molecule has 25 heavy (non-hydrogen) atoms. The van der Waals surface area contributed by atoms with E-state index in [1.54, 1.807) is 91.0 Å². The van der Waals surface area contributed by atoms with Gasteiger partial charge in [-0.25, -0.2) is 0 Å². The Morgan fingerprint density at radius 1 is 0.680 bits per heavy atom. The molecule has 0 aliphatic carbocycles. The van der Waals surface area contributed by atoms with Gasteiger partial charge in [-0.15, -0.1) is 0 Å². The number of benzene rings is 3. The molecule has 5 heteroatoms. The molecule has 0 aromatic heterocycles. The SMILES string of the molecule is O=S(=O)(O)[C@H](c1ccccc1)C(O)(c1ccccc1)c1ccccc1. The van der Waals surface area contributed by atoms with E-state index in [9.17, 15) is 18.1 Å². The van der Waals surface area contributed by atoms with Crippen molar-refractivity contribution >= 4 is 10.1 Å². The first-order valence-corrected chi connectivity index (χ1v) is 9.29. The van der Waals surface area contributed by atoms with E-state index in [1.807, 2.05) is 0 Å². The lowest BCUT2D eigenvalue weighted by molar-refractivity contribution is 0.0720. The minimum absolute atomic E-state index is 0.306. The van der Waals surface area contributed by atoms with E-state index in [0.29, 0.717) is 16.7 Å². The Hall–Kier alpha value is -2.47. The fraction of sp³-hybridized carbons (Fsp3) is 0.100. The molecule has 0 amide bonds. The number of hydrogen-bond donors (Lipinski definition) is 2. The second-order valence-corrected chi connectivity index (χ2v) is 7.31. The summed E-state index contributed by atoms with van der Waals surface area (Å²) in [6.07, 6.45) is 0. The van der Waals surface area contributed by atoms with Crippen molar-refractivity contribution in [3.8, 4) is 0 Å². The standard InChI is InChI=1S/C20H18O4S/c21-20(17-12-6-2-7-13-17,18-14-8-3-9-15-18)19(25(22,23)24)16-10-4-1-5-11-16/h1-15,19,21H,(H,22,23,24)/t19-/m1/s1. The highest BCUT2D eigenvalue weighted by atomic mass is 32.2. The van der Waals surface area contributed by atoms with Crippen LogP contribution in [0.5, 0.6) is 0 Å². The van der Waals surface area contributed by atoms with Gasteiger partial charge in [0.2, 0.25) is 0 Å². The maximum absolute atomic E-state index is 12.3. The fourth-order valence-corrected chi connectivity index (χ4v) is 4.31. The highest BCUT2D eigenvalue weighted by molar-refractivity contribution is 7.86. The van der Waals surface area contributed by atoms with Crippen LogP contribution in [0.1, 0.15) is 21.9 Å². The summed E-state index contributed by atoms with van der Waals surface area (Å²) < 4.78 is 34.6. The average molecular weight is 354 g/mol. The maximum Gasteiger partial charge on any atom is 0.275 e. The molecule has 0 saturated heterocycles. The van der Waals surface area contributed by atoms with Crippen LogP contribution in [-0.4, -0.2) is 18.1 Å². The molecule has 0 aliphatic rings. The normalized spacial score (nSPS) is 13.4. The predicted molar refractivity (Wildman–Crippen MR) is 96.6 cm³/mol. The van der Waals surface area contributed by atoms with Crippen LogP contribution in [0.25, 0.3) is 0 Å². The second kappa shape index (κ2) is 6.80. The number of hydrogen-bond acceptors (Lipinski definition) is 3. The summed E-state index contributed by atoms with van der Waals surface area (Å²) in [4.78, 5) is 0. The molecule has 0 bridgehead atoms. The Balaban J connectivity index is 2.33. The second-order valence-electron chi connectivity index (χ2n) is 5.80. The predicted octanol–water partition coefficient (Wildman–Crippen LogP) is 3.55. The Morgan fingerprint density at radius 3 is 1.40 bits per heavy atom. The van der Waals surface area contributed by atoms with Gasteiger partial charge >= 0.3 is 0 Å². The molecular weight excluding hydrogens is 336 g/mol. The van der Waals surface area contributed by atoms with E-state index >= 15 is 0 Å². The number of rotatable bonds is 5. The molecule has 0 spiro atoms. The molecule has 0 unspecified atom stereocenters. The summed E-state index contributed by atoms with van der Waals surface area (Å²) in [5, 5.41) is 10.1. The van der Waals surface area contributed by atoms with Crippen molar-refractivity contribution in [1.29, 1.82) is 0 Å². The van der Waals surface area contributed by atoms with Crippen molar-refractivity contribution in [2.24, 2.45) is 0 Å². The zero-order valence-corrected chi connectivity index (χ0v) is 14.2. The van der Waals surface area contributed by atoms with Crippen molar-refractivity contribution < 1.29 is 18.1 Å². The van der Waals surface area contributed by atoms with Gasteiger partial charge < -0.3 is 5.11 Å². The quantitative estimate of drug-likeness (QED) is 0.687. The summed E-state index contributed by atoms with van der Waals surface area (Å²) in [7, 11) is -4.62. The Kier molecular flexibility index (Phi) is 4.72.